The molecule has 0 aliphatic carbocycles. The number of carbonyl (C=O) groups is 1. The molecule has 1 aromatic carbocycles. The molecular formula is C17H17N5O3. The van der Waals surface area contributed by atoms with E-state index in [1.54, 1.807) is 10.9 Å². The Morgan fingerprint density at radius 1 is 1.12 bits per heavy atom. The van der Waals surface area contributed by atoms with Crippen molar-refractivity contribution in [1.29, 1.82) is 0 Å². The third-order valence-corrected chi connectivity index (χ3v) is 3.68. The van der Waals surface area contributed by atoms with E-state index in [1.807, 2.05) is 42.6 Å². The maximum Gasteiger partial charge on any atom is 0.328 e. The molecule has 3 aromatic rings. The molecule has 3 rings (SSSR count). The third-order valence-electron chi connectivity index (χ3n) is 3.68. The molecule has 2 heterocycles. The van der Waals surface area contributed by atoms with Crippen molar-refractivity contribution >= 4 is 5.91 Å². The second kappa shape index (κ2) is 7.43. The van der Waals surface area contributed by atoms with Crippen LogP contribution < -0.4 is 16.6 Å². The smallest absolute Gasteiger partial charge is 0.328 e. The Hall–Kier alpha value is -3.42. The van der Waals surface area contributed by atoms with Gasteiger partial charge in [0.25, 0.3) is 5.56 Å². The summed E-state index contributed by atoms with van der Waals surface area (Å²) in [7, 11) is 0. The molecule has 0 radical (unpaired) electrons. The van der Waals surface area contributed by atoms with Gasteiger partial charge in [0, 0.05) is 24.7 Å². The molecule has 2 N–H and O–H groups in total. The normalized spacial score (nSPS) is 11.8. The molecule has 8 heteroatoms. The van der Waals surface area contributed by atoms with Crippen LogP contribution in [0.25, 0.3) is 0 Å². The average Bonchev–Trinajstić information content (AvgIpc) is 3.11. The van der Waals surface area contributed by atoms with E-state index in [-0.39, 0.29) is 18.5 Å². The van der Waals surface area contributed by atoms with Crippen molar-refractivity contribution in [3.05, 3.63) is 87.5 Å². The zero-order valence-corrected chi connectivity index (χ0v) is 13.3. The van der Waals surface area contributed by atoms with E-state index >= 15 is 0 Å². The zero-order valence-electron chi connectivity index (χ0n) is 13.3. The molecular weight excluding hydrogens is 322 g/mol. The molecule has 8 nitrogen and oxygen atoms in total. The molecule has 0 bridgehead atoms. The summed E-state index contributed by atoms with van der Waals surface area (Å²) >= 11 is 0. The molecule has 0 saturated carbocycles. The molecule has 1 atom stereocenters. The first kappa shape index (κ1) is 16.4. The number of nitrogens with zero attached hydrogens (tertiary/aromatic N) is 3. The Balaban J connectivity index is 1.76. The van der Waals surface area contributed by atoms with Crippen LogP contribution in [-0.4, -0.2) is 25.2 Å². The van der Waals surface area contributed by atoms with E-state index < -0.39 is 11.2 Å². The number of hydrogen-bond donors (Lipinski definition) is 2. The first-order chi connectivity index (χ1) is 12.1. The van der Waals surface area contributed by atoms with Gasteiger partial charge >= 0.3 is 5.69 Å². The maximum atomic E-state index is 12.4. The van der Waals surface area contributed by atoms with Crippen molar-refractivity contribution in [3.63, 3.8) is 0 Å². The standard InChI is InChI=1S/C17H17N5O3/c23-15-7-10-21(17(25)20-15)12-16(24)19-14(11-22-9-4-8-18-22)13-5-2-1-3-6-13/h1-10,14H,11-12H2,(H,19,24)(H,20,23,25)/t14-/m1/s1. The minimum Gasteiger partial charge on any atom is -0.346 e. The highest BCUT2D eigenvalue weighted by Gasteiger charge is 2.16. The quantitative estimate of drug-likeness (QED) is 0.674. The molecule has 128 valence electrons. The number of H-pyrrole nitrogens is 1. The summed E-state index contributed by atoms with van der Waals surface area (Å²) in [4.78, 5) is 37.3. The van der Waals surface area contributed by atoms with Crippen molar-refractivity contribution in [2.75, 3.05) is 0 Å². The van der Waals surface area contributed by atoms with Gasteiger partial charge in [-0.15, -0.1) is 0 Å². The van der Waals surface area contributed by atoms with Crippen LogP contribution in [-0.2, 0) is 17.9 Å². The van der Waals surface area contributed by atoms with E-state index in [4.69, 9.17) is 0 Å². The Morgan fingerprint density at radius 2 is 1.92 bits per heavy atom. The van der Waals surface area contributed by atoms with Crippen molar-refractivity contribution in [2.45, 2.75) is 19.1 Å². The number of hydrogen-bond acceptors (Lipinski definition) is 4. The molecule has 0 unspecified atom stereocenters. The minimum atomic E-state index is -0.619. The number of aromatic nitrogens is 4. The first-order valence-electron chi connectivity index (χ1n) is 7.73. The summed E-state index contributed by atoms with van der Waals surface area (Å²) in [5, 5.41) is 7.08. The van der Waals surface area contributed by atoms with E-state index in [1.165, 1.54) is 12.3 Å². The summed E-state index contributed by atoms with van der Waals surface area (Å²) < 4.78 is 2.87. The molecule has 0 saturated heterocycles. The fourth-order valence-electron chi connectivity index (χ4n) is 2.48. The predicted molar refractivity (Wildman–Crippen MR) is 90.9 cm³/mol. The Bertz CT molecular complexity index is 944. The van der Waals surface area contributed by atoms with Crippen LogP contribution in [0.3, 0.4) is 0 Å². The summed E-state index contributed by atoms with van der Waals surface area (Å²) in [5.74, 6) is -0.338. The topological polar surface area (TPSA) is 102 Å². The van der Waals surface area contributed by atoms with Gasteiger partial charge in [0.15, 0.2) is 0 Å². The number of rotatable bonds is 6. The number of aromatic amines is 1. The molecule has 0 spiro atoms. The van der Waals surface area contributed by atoms with Gasteiger partial charge in [-0.3, -0.25) is 23.8 Å². The lowest BCUT2D eigenvalue weighted by molar-refractivity contribution is -0.122. The second-order valence-electron chi connectivity index (χ2n) is 5.50. The monoisotopic (exact) mass is 339 g/mol. The average molecular weight is 339 g/mol. The van der Waals surface area contributed by atoms with Crippen molar-refractivity contribution < 1.29 is 4.79 Å². The van der Waals surface area contributed by atoms with Gasteiger partial charge in [-0.2, -0.15) is 5.10 Å². The predicted octanol–water partition coefficient (Wildman–Crippen LogP) is 0.291. The largest absolute Gasteiger partial charge is 0.346 e. The second-order valence-corrected chi connectivity index (χ2v) is 5.50. The van der Waals surface area contributed by atoms with Gasteiger partial charge in [-0.25, -0.2) is 4.79 Å². The van der Waals surface area contributed by atoms with Crippen molar-refractivity contribution in [1.82, 2.24) is 24.6 Å². The number of benzene rings is 1. The zero-order chi connectivity index (χ0) is 17.6. The third kappa shape index (κ3) is 4.31. The van der Waals surface area contributed by atoms with Crippen molar-refractivity contribution in [3.8, 4) is 0 Å². The van der Waals surface area contributed by atoms with E-state index in [2.05, 4.69) is 15.4 Å². The van der Waals surface area contributed by atoms with Crippen LogP contribution in [0.5, 0.6) is 0 Å². The fourth-order valence-corrected chi connectivity index (χ4v) is 2.48. The number of carbonyl (C=O) groups excluding carboxylic acids is 1. The molecule has 0 aliphatic heterocycles. The lowest BCUT2D eigenvalue weighted by Crippen LogP contribution is -2.38. The highest BCUT2D eigenvalue weighted by atomic mass is 16.2. The highest BCUT2D eigenvalue weighted by Crippen LogP contribution is 2.14. The van der Waals surface area contributed by atoms with Gasteiger partial charge in [0.05, 0.1) is 12.6 Å². The van der Waals surface area contributed by atoms with Crippen LogP contribution in [0, 0.1) is 0 Å². The van der Waals surface area contributed by atoms with E-state index in [0.717, 1.165) is 10.1 Å². The molecule has 25 heavy (non-hydrogen) atoms. The van der Waals surface area contributed by atoms with Crippen LogP contribution in [0.2, 0.25) is 0 Å². The van der Waals surface area contributed by atoms with Crippen LogP contribution in [0.4, 0.5) is 0 Å². The summed E-state index contributed by atoms with van der Waals surface area (Å²) in [5.41, 5.74) is -0.186. The van der Waals surface area contributed by atoms with Crippen LogP contribution in [0.15, 0.2) is 70.6 Å². The summed E-state index contributed by atoms with van der Waals surface area (Å²) in [6.07, 6.45) is 4.78. The highest BCUT2D eigenvalue weighted by molar-refractivity contribution is 5.76. The van der Waals surface area contributed by atoms with Crippen molar-refractivity contribution in [2.24, 2.45) is 0 Å². The maximum absolute atomic E-state index is 12.4. The molecule has 0 aliphatic rings. The van der Waals surface area contributed by atoms with Gasteiger partial charge < -0.3 is 5.32 Å². The summed E-state index contributed by atoms with van der Waals surface area (Å²) in [6, 6.07) is 12.2. The van der Waals surface area contributed by atoms with Crippen LogP contribution >= 0.6 is 0 Å². The Morgan fingerprint density at radius 3 is 2.60 bits per heavy atom. The van der Waals surface area contributed by atoms with Gasteiger partial charge in [-0.1, -0.05) is 30.3 Å². The van der Waals surface area contributed by atoms with Gasteiger partial charge in [-0.05, 0) is 11.6 Å². The molecule has 2 aromatic heterocycles. The Labute approximate surface area is 142 Å². The Kier molecular flexibility index (Phi) is 4.89. The van der Waals surface area contributed by atoms with Gasteiger partial charge in [0.1, 0.15) is 6.54 Å². The van der Waals surface area contributed by atoms with Gasteiger partial charge in [0.2, 0.25) is 5.91 Å². The molecule has 0 fully saturated rings. The lowest BCUT2D eigenvalue weighted by atomic mass is 10.1. The number of nitrogens with one attached hydrogen (secondary N) is 2. The first-order valence-corrected chi connectivity index (χ1v) is 7.73. The number of amides is 1. The lowest BCUT2D eigenvalue weighted by Gasteiger charge is -2.19. The SMILES string of the molecule is O=C(Cn1ccc(=O)[nH]c1=O)N[C@H](Cn1cccn1)c1ccccc1. The van der Waals surface area contributed by atoms with Crippen LogP contribution in [0.1, 0.15) is 11.6 Å². The summed E-state index contributed by atoms with van der Waals surface area (Å²) in [6.45, 7) is 0.279. The fraction of sp³-hybridized carbons (Fsp3) is 0.176. The van der Waals surface area contributed by atoms with E-state index in [0.29, 0.717) is 6.54 Å². The molecule has 1 amide bonds. The van der Waals surface area contributed by atoms with E-state index in [9.17, 15) is 14.4 Å². The minimum absolute atomic E-state index is 0.182.